The second kappa shape index (κ2) is 6.47. The fourth-order valence-electron chi connectivity index (χ4n) is 2.17. The topological polar surface area (TPSA) is 17.1 Å². The van der Waals surface area contributed by atoms with Crippen molar-refractivity contribution in [3.63, 3.8) is 0 Å². The van der Waals surface area contributed by atoms with E-state index in [1.165, 1.54) is 5.56 Å². The van der Waals surface area contributed by atoms with Crippen molar-refractivity contribution < 1.29 is 4.57 Å². The Morgan fingerprint density at radius 3 is 1.89 bits per heavy atom. The van der Waals surface area contributed by atoms with Crippen LogP contribution in [0.1, 0.15) is 36.0 Å². The predicted octanol–water partition coefficient (Wildman–Crippen LogP) is 5.21. The van der Waals surface area contributed by atoms with Crippen LogP contribution in [-0.4, -0.2) is 0 Å². The third kappa shape index (κ3) is 3.27. The fourth-order valence-corrected chi connectivity index (χ4v) is 2.86. The van der Waals surface area contributed by atoms with Gasteiger partial charge in [-0.3, -0.25) is 4.57 Å². The zero-order chi connectivity index (χ0) is 12.8. The van der Waals surface area contributed by atoms with Gasteiger partial charge in [-0.15, -0.1) is 0 Å². The zero-order valence-electron chi connectivity index (χ0n) is 10.5. The lowest BCUT2D eigenvalue weighted by Gasteiger charge is -2.16. The van der Waals surface area contributed by atoms with Crippen LogP contribution in [0.5, 0.6) is 0 Å². The highest BCUT2D eigenvalue weighted by Crippen LogP contribution is 2.36. The smallest absolute Gasteiger partial charge is 0.163 e. The minimum atomic E-state index is 0.0846. The largest absolute Gasteiger partial charge is 0.274 e. The number of benzene rings is 2. The first-order valence-corrected chi connectivity index (χ1v) is 7.11. The van der Waals surface area contributed by atoms with Crippen molar-refractivity contribution in [3.8, 4) is 0 Å². The van der Waals surface area contributed by atoms with E-state index >= 15 is 0 Å². The Labute approximate surface area is 110 Å². The lowest BCUT2D eigenvalue weighted by Crippen LogP contribution is -1.99. The van der Waals surface area contributed by atoms with Gasteiger partial charge in [0.2, 0.25) is 0 Å². The molecule has 0 aromatic heterocycles. The summed E-state index contributed by atoms with van der Waals surface area (Å²) in [6.45, 7) is 2.19. The standard InChI is InChI=1S/C16H17OP/c1-13(14-8-4-2-5-9-14)12-16(18-17)15-10-6-3-7-11-15/h2-11,13,16H,12H2,1H3. The van der Waals surface area contributed by atoms with Gasteiger partial charge in [0.25, 0.3) is 0 Å². The summed E-state index contributed by atoms with van der Waals surface area (Å²) in [4.78, 5) is 0. The third-order valence-corrected chi connectivity index (χ3v) is 4.02. The van der Waals surface area contributed by atoms with Gasteiger partial charge in [-0.25, -0.2) is 0 Å². The van der Waals surface area contributed by atoms with E-state index in [-0.39, 0.29) is 14.1 Å². The van der Waals surface area contributed by atoms with Crippen molar-refractivity contribution in [3.05, 3.63) is 71.8 Å². The van der Waals surface area contributed by atoms with Gasteiger partial charge >= 0.3 is 0 Å². The molecule has 18 heavy (non-hydrogen) atoms. The van der Waals surface area contributed by atoms with E-state index in [9.17, 15) is 4.57 Å². The van der Waals surface area contributed by atoms with Crippen molar-refractivity contribution in [1.82, 2.24) is 0 Å². The van der Waals surface area contributed by atoms with Crippen LogP contribution in [0, 0.1) is 0 Å². The Balaban J connectivity index is 2.10. The molecule has 2 aromatic rings. The summed E-state index contributed by atoms with van der Waals surface area (Å²) in [7, 11) is 0.205. The first kappa shape index (κ1) is 13.0. The summed E-state index contributed by atoms with van der Waals surface area (Å²) >= 11 is 0. The van der Waals surface area contributed by atoms with Crippen LogP contribution in [0.25, 0.3) is 0 Å². The van der Waals surface area contributed by atoms with Crippen LogP contribution < -0.4 is 0 Å². The summed E-state index contributed by atoms with van der Waals surface area (Å²) in [5.41, 5.74) is 2.54. The molecule has 92 valence electrons. The molecule has 2 rings (SSSR count). The second-order valence-electron chi connectivity index (χ2n) is 4.58. The Hall–Kier alpha value is -1.46. The van der Waals surface area contributed by atoms with Gasteiger partial charge in [0.15, 0.2) is 8.46 Å². The highest BCUT2D eigenvalue weighted by molar-refractivity contribution is 7.24. The molecule has 0 spiro atoms. The van der Waals surface area contributed by atoms with Crippen molar-refractivity contribution in [2.45, 2.75) is 24.9 Å². The maximum absolute atomic E-state index is 11.4. The summed E-state index contributed by atoms with van der Waals surface area (Å²) in [5, 5.41) is 0. The molecule has 2 aromatic carbocycles. The summed E-state index contributed by atoms with van der Waals surface area (Å²) < 4.78 is 11.4. The molecule has 0 radical (unpaired) electrons. The molecule has 0 fully saturated rings. The van der Waals surface area contributed by atoms with Gasteiger partial charge in [-0.2, -0.15) is 0 Å². The monoisotopic (exact) mass is 256 g/mol. The number of hydrogen-bond acceptors (Lipinski definition) is 1. The Morgan fingerprint density at radius 2 is 1.39 bits per heavy atom. The molecule has 0 aliphatic heterocycles. The van der Waals surface area contributed by atoms with Gasteiger partial charge in [-0.05, 0) is 23.5 Å². The molecule has 0 saturated carbocycles. The van der Waals surface area contributed by atoms with Crippen LogP contribution in [-0.2, 0) is 4.57 Å². The van der Waals surface area contributed by atoms with Crippen LogP contribution in [0.3, 0.4) is 0 Å². The highest BCUT2D eigenvalue weighted by atomic mass is 31.1. The lowest BCUT2D eigenvalue weighted by atomic mass is 9.94. The van der Waals surface area contributed by atoms with Gasteiger partial charge in [-0.1, -0.05) is 67.6 Å². The maximum Gasteiger partial charge on any atom is 0.163 e. The molecule has 2 heteroatoms. The molecular weight excluding hydrogens is 239 g/mol. The maximum atomic E-state index is 11.4. The number of rotatable bonds is 5. The first-order chi connectivity index (χ1) is 8.81. The average molecular weight is 256 g/mol. The molecule has 0 heterocycles. The van der Waals surface area contributed by atoms with Crippen LogP contribution >= 0.6 is 8.46 Å². The SMILES string of the molecule is CC(CC(P=O)c1ccccc1)c1ccccc1. The molecule has 2 atom stereocenters. The fraction of sp³-hybridized carbons (Fsp3) is 0.250. The first-order valence-electron chi connectivity index (χ1n) is 6.23. The molecule has 0 aliphatic rings. The van der Waals surface area contributed by atoms with E-state index in [4.69, 9.17) is 0 Å². The summed E-state index contributed by atoms with van der Waals surface area (Å²) in [5.74, 6) is 0.415. The molecule has 1 nitrogen and oxygen atoms in total. The molecular formula is C16H17OP. The molecule has 0 amide bonds. The van der Waals surface area contributed by atoms with E-state index in [1.807, 2.05) is 36.4 Å². The van der Waals surface area contributed by atoms with Gasteiger partial charge in [0, 0.05) is 0 Å². The average Bonchev–Trinajstić information content (AvgIpc) is 2.46. The van der Waals surface area contributed by atoms with Crippen LogP contribution in [0.2, 0.25) is 0 Å². The van der Waals surface area contributed by atoms with Crippen molar-refractivity contribution in [2.75, 3.05) is 0 Å². The number of hydrogen-bond donors (Lipinski definition) is 0. The van der Waals surface area contributed by atoms with Gasteiger partial charge in [0.1, 0.15) is 0 Å². The normalized spacial score (nSPS) is 14.3. The van der Waals surface area contributed by atoms with E-state index in [1.54, 1.807) is 0 Å². The highest BCUT2D eigenvalue weighted by Gasteiger charge is 2.16. The molecule has 0 bridgehead atoms. The molecule has 2 unspecified atom stereocenters. The minimum Gasteiger partial charge on any atom is -0.274 e. The molecule has 0 aliphatic carbocycles. The summed E-state index contributed by atoms with van der Waals surface area (Å²) in [6, 6.07) is 20.5. The van der Waals surface area contributed by atoms with Crippen LogP contribution in [0.15, 0.2) is 60.7 Å². The van der Waals surface area contributed by atoms with Crippen molar-refractivity contribution >= 4 is 8.46 Å². The quantitative estimate of drug-likeness (QED) is 0.671. The Morgan fingerprint density at radius 1 is 0.889 bits per heavy atom. The lowest BCUT2D eigenvalue weighted by molar-refractivity contribution is 0.578. The third-order valence-electron chi connectivity index (χ3n) is 3.26. The Kier molecular flexibility index (Phi) is 4.66. The minimum absolute atomic E-state index is 0.0846. The summed E-state index contributed by atoms with van der Waals surface area (Å²) in [6.07, 6.45) is 0.902. The van der Waals surface area contributed by atoms with Gasteiger partial charge in [0.05, 0.1) is 5.66 Å². The van der Waals surface area contributed by atoms with E-state index in [2.05, 4.69) is 31.2 Å². The van der Waals surface area contributed by atoms with E-state index < -0.39 is 0 Å². The second-order valence-corrected chi connectivity index (χ2v) is 5.41. The van der Waals surface area contributed by atoms with E-state index in [0.29, 0.717) is 5.92 Å². The zero-order valence-corrected chi connectivity index (χ0v) is 11.4. The predicted molar refractivity (Wildman–Crippen MR) is 76.3 cm³/mol. The van der Waals surface area contributed by atoms with Crippen molar-refractivity contribution in [1.29, 1.82) is 0 Å². The molecule has 0 saturated heterocycles. The van der Waals surface area contributed by atoms with Crippen LogP contribution in [0.4, 0.5) is 0 Å². The Bertz CT molecular complexity index is 481. The molecule has 0 N–H and O–H groups in total. The van der Waals surface area contributed by atoms with Crippen molar-refractivity contribution in [2.24, 2.45) is 0 Å². The van der Waals surface area contributed by atoms with E-state index in [0.717, 1.165) is 12.0 Å². The van der Waals surface area contributed by atoms with Gasteiger partial charge < -0.3 is 0 Å².